The summed E-state index contributed by atoms with van der Waals surface area (Å²) in [5.74, 6) is -0.238. The Hall–Kier alpha value is -3.80. The van der Waals surface area contributed by atoms with E-state index in [4.69, 9.17) is 21.1 Å². The number of anilines is 2. The van der Waals surface area contributed by atoms with Gasteiger partial charge in [-0.2, -0.15) is 5.26 Å². The number of halogens is 2. The van der Waals surface area contributed by atoms with Gasteiger partial charge in [0, 0.05) is 16.4 Å². The van der Waals surface area contributed by atoms with E-state index >= 15 is 0 Å². The molecule has 0 saturated carbocycles. The van der Waals surface area contributed by atoms with Crippen molar-refractivity contribution in [3.05, 3.63) is 86.4 Å². The van der Waals surface area contributed by atoms with Crippen LogP contribution in [0.3, 0.4) is 0 Å². The second-order valence-corrected chi connectivity index (χ2v) is 9.32. The van der Waals surface area contributed by atoms with Crippen LogP contribution in [0.2, 0.25) is 5.02 Å². The van der Waals surface area contributed by atoms with Crippen LogP contribution in [0, 0.1) is 25.2 Å². The van der Waals surface area contributed by atoms with Crippen molar-refractivity contribution in [2.24, 2.45) is 0 Å². The molecular formula is C28H25BrClN3O4. The highest BCUT2D eigenvalue weighted by molar-refractivity contribution is 9.10. The first-order valence-corrected chi connectivity index (χ1v) is 12.5. The van der Waals surface area contributed by atoms with Crippen LogP contribution in [0.5, 0.6) is 11.5 Å². The summed E-state index contributed by atoms with van der Waals surface area (Å²) >= 11 is 9.57. The first kappa shape index (κ1) is 27.8. The van der Waals surface area contributed by atoms with Crippen molar-refractivity contribution in [1.82, 2.24) is 0 Å². The first-order valence-electron chi connectivity index (χ1n) is 11.3. The molecule has 0 atom stereocenters. The van der Waals surface area contributed by atoms with Crippen molar-refractivity contribution in [1.29, 1.82) is 5.26 Å². The molecule has 0 saturated heterocycles. The second-order valence-electron chi connectivity index (χ2n) is 8.06. The number of amides is 2. The number of aryl methyl sites for hydroxylation is 2. The van der Waals surface area contributed by atoms with Crippen LogP contribution in [0.25, 0.3) is 6.08 Å². The Morgan fingerprint density at radius 3 is 2.49 bits per heavy atom. The minimum atomic E-state index is -0.532. The molecule has 0 spiro atoms. The lowest BCUT2D eigenvalue weighted by molar-refractivity contribution is -0.118. The number of nitrogens with one attached hydrogen (secondary N) is 2. The summed E-state index contributed by atoms with van der Waals surface area (Å²) in [4.78, 5) is 25.1. The monoisotopic (exact) mass is 581 g/mol. The van der Waals surface area contributed by atoms with E-state index < -0.39 is 5.91 Å². The van der Waals surface area contributed by atoms with E-state index in [1.165, 1.54) is 6.08 Å². The molecule has 0 unspecified atom stereocenters. The molecule has 7 nitrogen and oxygen atoms in total. The fourth-order valence-electron chi connectivity index (χ4n) is 3.32. The molecule has 9 heteroatoms. The molecule has 0 aliphatic carbocycles. The van der Waals surface area contributed by atoms with E-state index in [-0.39, 0.29) is 18.1 Å². The first-order chi connectivity index (χ1) is 17.7. The molecule has 0 fully saturated rings. The molecule has 2 amide bonds. The molecule has 0 heterocycles. The molecular weight excluding hydrogens is 558 g/mol. The fraction of sp³-hybridized carbons (Fsp3) is 0.179. The van der Waals surface area contributed by atoms with Crippen LogP contribution in [-0.4, -0.2) is 25.0 Å². The highest BCUT2D eigenvalue weighted by atomic mass is 79.9. The largest absolute Gasteiger partial charge is 0.490 e. The lowest BCUT2D eigenvalue weighted by Crippen LogP contribution is -2.20. The van der Waals surface area contributed by atoms with Gasteiger partial charge in [-0.25, -0.2) is 0 Å². The summed E-state index contributed by atoms with van der Waals surface area (Å²) in [6.45, 7) is 5.66. The summed E-state index contributed by atoms with van der Waals surface area (Å²) in [7, 11) is 0. The van der Waals surface area contributed by atoms with E-state index in [1.807, 2.05) is 51.1 Å². The standard InChI is InChI=1S/C28H25BrClN3O4/c1-4-36-25-13-19(11-20(15-31)28(35)33-21-7-5-6-17(2)10-21)12-23(29)27(25)37-16-26(34)32-22-9-8-18(3)24(30)14-22/h5-14H,4,16H2,1-3H3,(H,32,34)(H,33,35)/b20-11+. The molecule has 2 N–H and O–H groups in total. The van der Waals surface area contributed by atoms with E-state index in [0.717, 1.165) is 11.1 Å². The maximum atomic E-state index is 12.7. The minimum Gasteiger partial charge on any atom is -0.490 e. The quantitative estimate of drug-likeness (QED) is 0.216. The van der Waals surface area contributed by atoms with E-state index in [1.54, 1.807) is 30.3 Å². The number of carbonyl (C=O) groups excluding carboxylic acids is 2. The van der Waals surface area contributed by atoms with Gasteiger partial charge in [0.05, 0.1) is 11.1 Å². The summed E-state index contributed by atoms with van der Waals surface area (Å²) in [6.07, 6.45) is 1.45. The maximum Gasteiger partial charge on any atom is 0.266 e. The minimum absolute atomic E-state index is 0.0827. The van der Waals surface area contributed by atoms with Gasteiger partial charge in [-0.15, -0.1) is 0 Å². The van der Waals surface area contributed by atoms with Crippen molar-refractivity contribution >= 4 is 56.8 Å². The summed E-state index contributed by atoms with van der Waals surface area (Å²) in [5, 5.41) is 15.6. The summed E-state index contributed by atoms with van der Waals surface area (Å²) in [5.41, 5.74) is 3.50. The Morgan fingerprint density at radius 2 is 1.81 bits per heavy atom. The zero-order valence-electron chi connectivity index (χ0n) is 20.5. The number of carbonyl (C=O) groups is 2. The normalized spacial score (nSPS) is 10.9. The van der Waals surface area contributed by atoms with Crippen LogP contribution >= 0.6 is 27.5 Å². The second kappa shape index (κ2) is 12.9. The predicted octanol–water partition coefficient (Wildman–Crippen LogP) is 6.68. The van der Waals surface area contributed by atoms with Gasteiger partial charge >= 0.3 is 0 Å². The van der Waals surface area contributed by atoms with Gasteiger partial charge in [0.1, 0.15) is 11.6 Å². The highest BCUT2D eigenvalue weighted by Gasteiger charge is 2.16. The topological polar surface area (TPSA) is 100 Å². The van der Waals surface area contributed by atoms with Crippen molar-refractivity contribution in [2.75, 3.05) is 23.8 Å². The third-order valence-electron chi connectivity index (χ3n) is 5.09. The lowest BCUT2D eigenvalue weighted by atomic mass is 10.1. The van der Waals surface area contributed by atoms with E-state index in [2.05, 4.69) is 26.6 Å². The van der Waals surface area contributed by atoms with Crippen LogP contribution in [0.1, 0.15) is 23.6 Å². The zero-order valence-corrected chi connectivity index (χ0v) is 22.9. The molecule has 0 aromatic heterocycles. The Balaban J connectivity index is 1.77. The third kappa shape index (κ3) is 7.84. The Labute approximate surface area is 229 Å². The van der Waals surface area contributed by atoms with Crippen molar-refractivity contribution < 1.29 is 19.1 Å². The van der Waals surface area contributed by atoms with Gasteiger partial charge in [-0.05, 0) is 95.9 Å². The summed E-state index contributed by atoms with van der Waals surface area (Å²) in [6, 6.07) is 17.8. The molecule has 0 aliphatic heterocycles. The Bertz CT molecular complexity index is 1400. The molecule has 3 aromatic carbocycles. The van der Waals surface area contributed by atoms with Gasteiger partial charge in [-0.1, -0.05) is 29.8 Å². The number of nitriles is 1. The molecule has 0 radical (unpaired) electrons. The van der Waals surface area contributed by atoms with Crippen LogP contribution in [-0.2, 0) is 9.59 Å². The van der Waals surface area contributed by atoms with Gasteiger partial charge in [-0.3, -0.25) is 9.59 Å². The van der Waals surface area contributed by atoms with E-state index in [0.29, 0.717) is 44.5 Å². The number of benzene rings is 3. The van der Waals surface area contributed by atoms with Gasteiger partial charge in [0.15, 0.2) is 18.1 Å². The van der Waals surface area contributed by atoms with Crippen LogP contribution < -0.4 is 20.1 Å². The van der Waals surface area contributed by atoms with Gasteiger partial charge in [0.25, 0.3) is 11.8 Å². The molecule has 0 bridgehead atoms. The predicted molar refractivity (Wildman–Crippen MR) is 149 cm³/mol. The van der Waals surface area contributed by atoms with Crippen molar-refractivity contribution in [2.45, 2.75) is 20.8 Å². The zero-order chi connectivity index (χ0) is 26.9. The molecule has 190 valence electrons. The van der Waals surface area contributed by atoms with Crippen LogP contribution in [0.15, 0.2) is 64.6 Å². The van der Waals surface area contributed by atoms with Gasteiger partial charge < -0.3 is 20.1 Å². The average Bonchev–Trinajstić information content (AvgIpc) is 2.84. The summed E-state index contributed by atoms with van der Waals surface area (Å²) < 4.78 is 11.9. The number of hydrogen-bond donors (Lipinski definition) is 2. The van der Waals surface area contributed by atoms with Gasteiger partial charge in [0.2, 0.25) is 0 Å². The molecule has 0 aliphatic rings. The highest BCUT2D eigenvalue weighted by Crippen LogP contribution is 2.37. The number of ether oxygens (including phenoxy) is 2. The molecule has 3 rings (SSSR count). The lowest BCUT2D eigenvalue weighted by Gasteiger charge is -2.15. The molecule has 37 heavy (non-hydrogen) atoms. The Morgan fingerprint density at radius 1 is 1.05 bits per heavy atom. The fourth-order valence-corrected chi connectivity index (χ4v) is 4.07. The molecule has 3 aromatic rings. The number of rotatable bonds is 9. The smallest absolute Gasteiger partial charge is 0.266 e. The van der Waals surface area contributed by atoms with Crippen molar-refractivity contribution in [3.8, 4) is 17.6 Å². The average molecular weight is 583 g/mol. The van der Waals surface area contributed by atoms with Crippen LogP contribution in [0.4, 0.5) is 11.4 Å². The van der Waals surface area contributed by atoms with Crippen molar-refractivity contribution in [3.63, 3.8) is 0 Å². The third-order valence-corrected chi connectivity index (χ3v) is 6.08. The van der Waals surface area contributed by atoms with E-state index in [9.17, 15) is 14.9 Å². The Kier molecular flexibility index (Phi) is 9.72. The SMILES string of the molecule is CCOc1cc(/C=C(\C#N)C(=O)Nc2cccc(C)c2)cc(Br)c1OCC(=O)Nc1ccc(C)c(Cl)c1. The maximum absolute atomic E-state index is 12.7. The number of nitrogens with zero attached hydrogens (tertiary/aromatic N) is 1. The number of hydrogen-bond acceptors (Lipinski definition) is 5.